The van der Waals surface area contributed by atoms with E-state index >= 15 is 0 Å². The smallest absolute Gasteiger partial charge is 0.292 e. The lowest BCUT2D eigenvalue weighted by Crippen LogP contribution is -3.15. The molecule has 2 rings (SSSR count). The van der Waals surface area contributed by atoms with Gasteiger partial charge in [0.1, 0.15) is 5.69 Å². The summed E-state index contributed by atoms with van der Waals surface area (Å²) in [5.41, 5.74) is -0.0123. The summed E-state index contributed by atoms with van der Waals surface area (Å²) >= 11 is 0. The Labute approximate surface area is 145 Å². The molecule has 2 N–H and O–H groups in total. The van der Waals surface area contributed by atoms with E-state index in [4.69, 9.17) is 4.74 Å². The molecule has 1 aromatic carbocycles. The normalized spacial score (nSPS) is 16.8. The van der Waals surface area contributed by atoms with Crippen molar-refractivity contribution in [2.45, 2.75) is 13.0 Å². The quantitative estimate of drug-likeness (QED) is 0.520. The number of nitrogens with zero attached hydrogens (tertiary/aromatic N) is 2. The van der Waals surface area contributed by atoms with Crippen LogP contribution in [0.15, 0.2) is 24.3 Å². The van der Waals surface area contributed by atoms with Gasteiger partial charge in [0.25, 0.3) is 17.5 Å². The maximum atomic E-state index is 12.4. The lowest BCUT2D eigenvalue weighted by atomic mass is 10.2. The molecule has 1 aliphatic heterocycles. The average molecular weight is 351 g/mol. The Kier molecular flexibility index (Phi) is 6.43. The van der Waals surface area contributed by atoms with E-state index in [1.54, 1.807) is 24.9 Å². The molecule has 0 aliphatic carbocycles. The molecule has 0 aromatic heterocycles. The van der Waals surface area contributed by atoms with Crippen LogP contribution in [0.25, 0.3) is 0 Å². The van der Waals surface area contributed by atoms with E-state index in [1.165, 1.54) is 18.2 Å². The number of benzene rings is 1. The Balaban J connectivity index is 1.94. The molecule has 2 atom stereocenters. The van der Waals surface area contributed by atoms with Crippen molar-refractivity contribution in [2.24, 2.45) is 0 Å². The second kappa shape index (κ2) is 8.54. The first-order valence-electron chi connectivity index (χ1n) is 8.12. The van der Waals surface area contributed by atoms with E-state index in [2.05, 4.69) is 5.32 Å². The molecule has 0 saturated carbocycles. The maximum Gasteiger partial charge on any atom is 0.292 e. The highest BCUT2D eigenvalue weighted by atomic mass is 16.6. The van der Waals surface area contributed by atoms with Gasteiger partial charge in [-0.05, 0) is 13.0 Å². The lowest BCUT2D eigenvalue weighted by Gasteiger charge is -2.28. The summed E-state index contributed by atoms with van der Waals surface area (Å²) in [4.78, 5) is 37.6. The van der Waals surface area contributed by atoms with E-state index in [0.29, 0.717) is 31.2 Å². The molecule has 1 unspecified atom stereocenters. The van der Waals surface area contributed by atoms with E-state index in [1.807, 2.05) is 0 Å². The number of likely N-dealkylation sites (N-methyl/N-ethyl adjacent to an activating group) is 1. The topological polar surface area (TPSA) is 106 Å². The van der Waals surface area contributed by atoms with Crippen molar-refractivity contribution in [3.63, 3.8) is 0 Å². The molecule has 1 aromatic rings. The van der Waals surface area contributed by atoms with Gasteiger partial charge in [0.2, 0.25) is 0 Å². The number of hydrogen-bond acceptors (Lipinski definition) is 5. The van der Waals surface area contributed by atoms with Crippen molar-refractivity contribution in [3.8, 4) is 0 Å². The first-order chi connectivity index (χ1) is 11.9. The zero-order chi connectivity index (χ0) is 18.4. The van der Waals surface area contributed by atoms with Gasteiger partial charge in [-0.3, -0.25) is 19.7 Å². The van der Waals surface area contributed by atoms with Crippen molar-refractivity contribution >= 4 is 23.2 Å². The Morgan fingerprint density at radius 1 is 1.36 bits per heavy atom. The highest BCUT2D eigenvalue weighted by Gasteiger charge is 2.28. The number of ether oxygens (including phenoxy) is 1. The van der Waals surface area contributed by atoms with Crippen LogP contribution in [-0.2, 0) is 14.3 Å². The minimum atomic E-state index is -0.543. The zero-order valence-corrected chi connectivity index (χ0v) is 14.4. The predicted molar refractivity (Wildman–Crippen MR) is 90.3 cm³/mol. The molecule has 136 valence electrons. The Morgan fingerprint density at radius 2 is 2.00 bits per heavy atom. The highest BCUT2D eigenvalue weighted by Crippen LogP contribution is 2.23. The number of rotatable bonds is 6. The van der Waals surface area contributed by atoms with Crippen LogP contribution in [0.3, 0.4) is 0 Å². The molecule has 0 radical (unpaired) electrons. The van der Waals surface area contributed by atoms with Gasteiger partial charge in [-0.1, -0.05) is 12.1 Å². The highest BCUT2D eigenvalue weighted by molar-refractivity contribution is 5.95. The average Bonchev–Trinajstić information content (AvgIpc) is 2.61. The van der Waals surface area contributed by atoms with Gasteiger partial charge >= 0.3 is 0 Å². The van der Waals surface area contributed by atoms with Gasteiger partial charge < -0.3 is 19.9 Å². The van der Waals surface area contributed by atoms with Crippen LogP contribution >= 0.6 is 0 Å². The number of nitro benzene ring substituents is 1. The number of carbonyl (C=O) groups is 2. The van der Waals surface area contributed by atoms with Gasteiger partial charge in [0.05, 0.1) is 25.2 Å². The Bertz CT molecular complexity index is 645. The molecule has 1 aliphatic rings. The predicted octanol–water partition coefficient (Wildman–Crippen LogP) is -0.705. The SMILES string of the molecule is C[C@@H](C(=O)Nc1ccccc1[N+](=O)[O-])[NH+](C)CC(=O)N1CCOCC1. The van der Waals surface area contributed by atoms with Crippen molar-refractivity contribution in [1.29, 1.82) is 0 Å². The number of amides is 2. The third-order valence-corrected chi connectivity index (χ3v) is 4.28. The van der Waals surface area contributed by atoms with Gasteiger partial charge in [-0.25, -0.2) is 0 Å². The van der Waals surface area contributed by atoms with E-state index in [-0.39, 0.29) is 29.7 Å². The summed E-state index contributed by atoms with van der Waals surface area (Å²) in [5.74, 6) is -0.410. The molecular formula is C16H23N4O5+. The number of nitro groups is 1. The summed E-state index contributed by atoms with van der Waals surface area (Å²) < 4.78 is 5.22. The van der Waals surface area contributed by atoms with Gasteiger partial charge in [0, 0.05) is 19.2 Å². The Morgan fingerprint density at radius 3 is 2.64 bits per heavy atom. The van der Waals surface area contributed by atoms with Crippen molar-refractivity contribution < 1.29 is 24.1 Å². The van der Waals surface area contributed by atoms with Crippen LogP contribution in [-0.4, -0.2) is 67.6 Å². The summed E-state index contributed by atoms with van der Waals surface area (Å²) in [6.45, 7) is 4.03. The molecule has 0 spiro atoms. The number of hydrogen-bond donors (Lipinski definition) is 2. The standard InChI is InChI=1S/C16H22N4O5/c1-12(18(2)11-15(21)19-7-9-25-10-8-19)16(22)17-13-5-3-4-6-14(13)20(23)24/h3-6,12H,7-11H2,1-2H3,(H,17,22)/p+1/t12-/m0/s1. The van der Waals surface area contributed by atoms with Gasteiger partial charge in [0.15, 0.2) is 12.6 Å². The zero-order valence-electron chi connectivity index (χ0n) is 14.4. The first-order valence-corrected chi connectivity index (χ1v) is 8.12. The number of carbonyl (C=O) groups excluding carboxylic acids is 2. The second-order valence-electron chi connectivity index (χ2n) is 6.00. The number of nitrogens with one attached hydrogen (secondary N) is 2. The van der Waals surface area contributed by atoms with Crippen molar-refractivity contribution in [3.05, 3.63) is 34.4 Å². The molecule has 9 nitrogen and oxygen atoms in total. The Hall–Kier alpha value is -2.52. The molecule has 1 fully saturated rings. The van der Waals surface area contributed by atoms with Crippen molar-refractivity contribution in [2.75, 3.05) is 45.2 Å². The third kappa shape index (κ3) is 4.97. The number of quaternary nitrogens is 1. The largest absolute Gasteiger partial charge is 0.378 e. The van der Waals surface area contributed by atoms with Gasteiger partial charge in [-0.2, -0.15) is 0 Å². The molecule has 0 bridgehead atoms. The maximum absolute atomic E-state index is 12.4. The minimum Gasteiger partial charge on any atom is -0.378 e. The number of para-hydroxylation sites is 2. The molecule has 9 heteroatoms. The summed E-state index contributed by atoms with van der Waals surface area (Å²) in [6, 6.07) is 5.43. The second-order valence-corrected chi connectivity index (χ2v) is 6.00. The van der Waals surface area contributed by atoms with E-state index < -0.39 is 11.0 Å². The fraction of sp³-hybridized carbons (Fsp3) is 0.500. The van der Waals surface area contributed by atoms with Crippen LogP contribution in [0.1, 0.15) is 6.92 Å². The minimum absolute atomic E-state index is 0.0360. The number of morpholine rings is 1. The van der Waals surface area contributed by atoms with E-state index in [9.17, 15) is 19.7 Å². The van der Waals surface area contributed by atoms with Crippen LogP contribution in [0.4, 0.5) is 11.4 Å². The fourth-order valence-corrected chi connectivity index (χ4v) is 2.52. The van der Waals surface area contributed by atoms with Crippen LogP contribution in [0.2, 0.25) is 0 Å². The van der Waals surface area contributed by atoms with Crippen LogP contribution < -0.4 is 10.2 Å². The van der Waals surface area contributed by atoms with E-state index in [0.717, 1.165) is 0 Å². The summed E-state index contributed by atoms with van der Waals surface area (Å²) in [6.07, 6.45) is 0. The number of anilines is 1. The van der Waals surface area contributed by atoms with Crippen molar-refractivity contribution in [1.82, 2.24) is 4.90 Å². The lowest BCUT2D eigenvalue weighted by molar-refractivity contribution is -0.886. The van der Waals surface area contributed by atoms with Gasteiger partial charge in [-0.15, -0.1) is 0 Å². The molecule has 25 heavy (non-hydrogen) atoms. The monoisotopic (exact) mass is 351 g/mol. The first kappa shape index (κ1) is 18.8. The third-order valence-electron chi connectivity index (χ3n) is 4.28. The van der Waals surface area contributed by atoms with Crippen LogP contribution in [0.5, 0.6) is 0 Å². The molecule has 1 saturated heterocycles. The molecule has 2 amide bonds. The van der Waals surface area contributed by atoms with Crippen LogP contribution in [0, 0.1) is 10.1 Å². The molecular weight excluding hydrogens is 328 g/mol. The summed E-state index contributed by atoms with van der Waals surface area (Å²) in [7, 11) is 1.75. The molecule has 1 heterocycles. The fourth-order valence-electron chi connectivity index (χ4n) is 2.52. The summed E-state index contributed by atoms with van der Waals surface area (Å²) in [5, 5.41) is 13.6.